The van der Waals surface area contributed by atoms with E-state index in [4.69, 9.17) is 23.9 Å². The quantitative estimate of drug-likeness (QED) is 0.196. The number of esters is 1. The Kier molecular flexibility index (Phi) is 8.81. The normalized spacial score (nSPS) is 14.6. The van der Waals surface area contributed by atoms with E-state index in [-0.39, 0.29) is 12.2 Å². The number of hydrogen-bond donors (Lipinski definition) is 1. The number of nitrogens with one attached hydrogen (secondary N) is 1. The third kappa shape index (κ3) is 5.38. The lowest BCUT2D eigenvalue weighted by atomic mass is 9.93. The topological polar surface area (TPSA) is 104 Å². The molecular weight excluding hydrogens is 602 g/mol. The van der Waals surface area contributed by atoms with E-state index in [1.807, 2.05) is 61.5 Å². The van der Waals surface area contributed by atoms with Crippen LogP contribution in [-0.4, -0.2) is 43.5 Å². The van der Waals surface area contributed by atoms with Gasteiger partial charge in [-0.3, -0.25) is 9.36 Å². The highest BCUT2D eigenvalue weighted by molar-refractivity contribution is 7.07. The van der Waals surface area contributed by atoms with Gasteiger partial charge in [0.25, 0.3) is 5.56 Å². The van der Waals surface area contributed by atoms with E-state index in [0.29, 0.717) is 49.8 Å². The van der Waals surface area contributed by atoms with E-state index in [1.54, 1.807) is 51.0 Å². The van der Waals surface area contributed by atoms with E-state index in [9.17, 15) is 9.59 Å². The summed E-state index contributed by atoms with van der Waals surface area (Å²) in [6.45, 7) is 3.97. The molecule has 0 radical (unpaired) electrons. The van der Waals surface area contributed by atoms with E-state index in [2.05, 4.69) is 4.98 Å². The number of carbonyl (C=O) groups excluding carboxylic acids is 1. The molecule has 0 aliphatic carbocycles. The third-order valence-electron chi connectivity index (χ3n) is 8.02. The number of fused-ring (bicyclic) bond motifs is 2. The largest absolute Gasteiger partial charge is 0.497 e. The SMILES string of the molecule is CCCC1=C(C(=O)OCC)[C@H](c2cc(OC)ccc2OC)n2c(s/c(=C\c3c(-c4ccccc4)[nH]c4c(OC)cccc34)c2=O)=N1. The van der Waals surface area contributed by atoms with Crippen LogP contribution < -0.4 is 29.1 Å². The number of H-pyrrole nitrogens is 1. The lowest BCUT2D eigenvalue weighted by molar-refractivity contribution is -0.139. The summed E-state index contributed by atoms with van der Waals surface area (Å²) in [5, 5.41) is 0.911. The zero-order valence-electron chi connectivity index (χ0n) is 26.4. The zero-order valence-corrected chi connectivity index (χ0v) is 27.2. The lowest BCUT2D eigenvalue weighted by Gasteiger charge is -2.27. The molecule has 3 heterocycles. The highest BCUT2D eigenvalue weighted by Crippen LogP contribution is 2.39. The second-order valence-electron chi connectivity index (χ2n) is 10.7. The van der Waals surface area contributed by atoms with Crippen molar-refractivity contribution in [2.24, 2.45) is 4.99 Å². The van der Waals surface area contributed by atoms with Crippen molar-refractivity contribution in [1.82, 2.24) is 9.55 Å². The van der Waals surface area contributed by atoms with Crippen molar-refractivity contribution in [2.75, 3.05) is 27.9 Å². The molecule has 0 saturated carbocycles. The van der Waals surface area contributed by atoms with E-state index in [0.717, 1.165) is 34.1 Å². The number of carbonyl (C=O) groups is 1. The van der Waals surface area contributed by atoms with Crippen molar-refractivity contribution in [2.45, 2.75) is 32.7 Å². The molecule has 0 bridgehead atoms. The molecule has 0 saturated heterocycles. The average Bonchev–Trinajstić information content (AvgIpc) is 3.61. The minimum Gasteiger partial charge on any atom is -0.497 e. The maximum Gasteiger partial charge on any atom is 0.338 e. The van der Waals surface area contributed by atoms with Crippen molar-refractivity contribution in [3.8, 4) is 28.5 Å². The van der Waals surface area contributed by atoms with Gasteiger partial charge in [0.15, 0.2) is 4.80 Å². The maximum atomic E-state index is 14.6. The average molecular weight is 638 g/mol. The van der Waals surface area contributed by atoms with Crippen LogP contribution in [0.25, 0.3) is 28.2 Å². The van der Waals surface area contributed by atoms with E-state index in [1.165, 1.54) is 11.3 Å². The molecule has 3 aromatic carbocycles. The summed E-state index contributed by atoms with van der Waals surface area (Å²) >= 11 is 1.29. The molecule has 10 heteroatoms. The van der Waals surface area contributed by atoms with Crippen molar-refractivity contribution in [3.63, 3.8) is 0 Å². The summed E-state index contributed by atoms with van der Waals surface area (Å²) in [6, 6.07) is 20.3. The number of hydrogen-bond acceptors (Lipinski definition) is 8. The molecule has 0 unspecified atom stereocenters. The maximum absolute atomic E-state index is 14.6. The van der Waals surface area contributed by atoms with Gasteiger partial charge in [-0.2, -0.15) is 0 Å². The summed E-state index contributed by atoms with van der Waals surface area (Å²) in [5.41, 5.74) is 4.72. The molecule has 0 fully saturated rings. The van der Waals surface area contributed by atoms with Crippen LogP contribution in [0, 0.1) is 0 Å². The standard InChI is InChI=1S/C36H35N3O6S/c1-6-12-26-30(35(41)45-7-2)33(25-19-22(42-3)17-18-27(25)43-4)39-34(40)29(46-36(39)37-26)20-24-23-15-11-16-28(44-5)32(23)38-31(24)21-13-9-8-10-14-21/h8-11,13-20,33,38H,6-7,12H2,1-5H3/b29-20-/t33-/m0/s1. The van der Waals surface area contributed by atoms with Crippen LogP contribution >= 0.6 is 11.3 Å². The Morgan fingerprint density at radius 3 is 2.46 bits per heavy atom. The smallest absolute Gasteiger partial charge is 0.338 e. The van der Waals surface area contributed by atoms with Crippen LogP contribution in [0.5, 0.6) is 17.2 Å². The molecule has 1 atom stereocenters. The van der Waals surface area contributed by atoms with Gasteiger partial charge < -0.3 is 23.9 Å². The number of allylic oxidation sites excluding steroid dienone is 1. The number of aromatic amines is 1. The van der Waals surface area contributed by atoms with Crippen molar-refractivity contribution >= 4 is 34.3 Å². The highest BCUT2D eigenvalue weighted by Gasteiger charge is 2.36. The second-order valence-corrected chi connectivity index (χ2v) is 11.7. The first-order chi connectivity index (χ1) is 22.4. The zero-order chi connectivity index (χ0) is 32.4. The Balaban J connectivity index is 1.67. The van der Waals surface area contributed by atoms with Gasteiger partial charge in [-0.05, 0) is 49.2 Å². The number of aromatic nitrogens is 2. The van der Waals surface area contributed by atoms with Crippen LogP contribution in [0.4, 0.5) is 0 Å². The summed E-state index contributed by atoms with van der Waals surface area (Å²) in [5.74, 6) is 1.25. The number of rotatable bonds is 10. The van der Waals surface area contributed by atoms with E-state index < -0.39 is 12.0 Å². The van der Waals surface area contributed by atoms with Crippen LogP contribution in [-0.2, 0) is 9.53 Å². The van der Waals surface area contributed by atoms with Gasteiger partial charge in [-0.1, -0.05) is 67.1 Å². The lowest BCUT2D eigenvalue weighted by Crippen LogP contribution is -2.40. The first kappa shape index (κ1) is 30.9. The molecule has 2 aromatic heterocycles. The van der Waals surface area contributed by atoms with Crippen molar-refractivity contribution < 1.29 is 23.7 Å². The molecule has 0 spiro atoms. The minimum atomic E-state index is -0.847. The number of nitrogens with zero attached hydrogens (tertiary/aromatic N) is 2. The van der Waals surface area contributed by atoms with Gasteiger partial charge in [-0.15, -0.1) is 0 Å². The fourth-order valence-corrected chi connectivity index (χ4v) is 6.97. The van der Waals surface area contributed by atoms with Crippen LogP contribution in [0.15, 0.2) is 87.8 Å². The Hall–Kier alpha value is -5.09. The molecule has 5 aromatic rings. The van der Waals surface area contributed by atoms with Crippen molar-refractivity contribution in [1.29, 1.82) is 0 Å². The summed E-state index contributed by atoms with van der Waals surface area (Å²) < 4.78 is 24.6. The molecule has 9 nitrogen and oxygen atoms in total. The molecular formula is C36H35N3O6S. The molecule has 46 heavy (non-hydrogen) atoms. The number of para-hydroxylation sites is 1. The Morgan fingerprint density at radius 1 is 0.978 bits per heavy atom. The highest BCUT2D eigenvalue weighted by atomic mass is 32.1. The van der Waals surface area contributed by atoms with Crippen LogP contribution in [0.3, 0.4) is 0 Å². The number of benzene rings is 3. The van der Waals surface area contributed by atoms with Gasteiger partial charge in [0.1, 0.15) is 23.3 Å². The fraction of sp³-hybridized carbons (Fsp3) is 0.250. The second kappa shape index (κ2) is 13.1. The number of methoxy groups -OCH3 is 3. The molecule has 1 N–H and O–H groups in total. The molecule has 1 aliphatic heterocycles. The van der Waals surface area contributed by atoms with Crippen LogP contribution in [0.2, 0.25) is 0 Å². The van der Waals surface area contributed by atoms with Gasteiger partial charge in [0.05, 0.1) is 54.9 Å². The first-order valence-electron chi connectivity index (χ1n) is 15.1. The van der Waals surface area contributed by atoms with Gasteiger partial charge in [-0.25, -0.2) is 9.79 Å². The number of ether oxygens (including phenoxy) is 4. The predicted molar refractivity (Wildman–Crippen MR) is 179 cm³/mol. The van der Waals surface area contributed by atoms with Gasteiger partial charge in [0.2, 0.25) is 0 Å². The molecule has 1 aliphatic rings. The molecule has 0 amide bonds. The van der Waals surface area contributed by atoms with Crippen molar-refractivity contribution in [3.05, 3.63) is 109 Å². The Morgan fingerprint density at radius 2 is 1.76 bits per heavy atom. The minimum absolute atomic E-state index is 0.181. The number of thiazole rings is 1. The summed E-state index contributed by atoms with van der Waals surface area (Å²) in [4.78, 5) is 37.2. The summed E-state index contributed by atoms with van der Waals surface area (Å²) in [7, 11) is 4.77. The molecule has 6 rings (SSSR count). The van der Waals surface area contributed by atoms with E-state index >= 15 is 0 Å². The predicted octanol–water partition coefficient (Wildman–Crippen LogP) is 5.75. The van der Waals surface area contributed by atoms with Gasteiger partial charge >= 0.3 is 5.97 Å². The first-order valence-corrected chi connectivity index (χ1v) is 15.9. The molecule has 236 valence electrons. The fourth-order valence-electron chi connectivity index (χ4n) is 5.96. The Labute approximate surface area is 270 Å². The monoisotopic (exact) mass is 637 g/mol. The Bertz CT molecular complexity index is 2140. The van der Waals surface area contributed by atoms with Crippen LogP contribution in [0.1, 0.15) is 43.9 Å². The third-order valence-corrected chi connectivity index (χ3v) is 9.00. The summed E-state index contributed by atoms with van der Waals surface area (Å²) in [6.07, 6.45) is 3.18. The van der Waals surface area contributed by atoms with Gasteiger partial charge in [0, 0.05) is 16.5 Å².